The van der Waals surface area contributed by atoms with Crippen molar-refractivity contribution in [3.8, 4) is 0 Å². The molecule has 5 nitrogen and oxygen atoms in total. The lowest BCUT2D eigenvalue weighted by molar-refractivity contribution is -0.137. The van der Waals surface area contributed by atoms with Crippen LogP contribution in [-0.2, 0) is 14.3 Å². The summed E-state index contributed by atoms with van der Waals surface area (Å²) in [4.78, 5) is 21.6. The smallest absolute Gasteiger partial charge is 0.330 e. The maximum absolute atomic E-state index is 10.9. The molecular formula is C8H14N2O3. The van der Waals surface area contributed by atoms with Crippen molar-refractivity contribution in [1.29, 1.82) is 0 Å². The van der Waals surface area contributed by atoms with Crippen molar-refractivity contribution in [1.82, 2.24) is 10.4 Å². The zero-order valence-electron chi connectivity index (χ0n) is 8.03. The Balaban J connectivity index is 3.83. The maximum Gasteiger partial charge on any atom is 0.330 e. The number of rotatable bonds is 4. The second-order valence-electron chi connectivity index (χ2n) is 2.46. The fourth-order valence-electron chi connectivity index (χ4n) is 0.592. The van der Waals surface area contributed by atoms with Gasteiger partial charge in [0, 0.05) is 26.2 Å². The maximum atomic E-state index is 10.9. The molecule has 74 valence electrons. The summed E-state index contributed by atoms with van der Waals surface area (Å²) in [5.41, 5.74) is 2.44. The number of esters is 1. The normalized spacial score (nSPS) is 10.5. The zero-order valence-corrected chi connectivity index (χ0v) is 8.03. The van der Waals surface area contributed by atoms with E-state index in [2.05, 4.69) is 10.2 Å². The molecule has 0 rings (SSSR count). The first-order chi connectivity index (χ1) is 6.06. The minimum absolute atomic E-state index is 0.304. The molecule has 0 saturated heterocycles. The number of hydrogen-bond donors (Lipinski definition) is 1. The van der Waals surface area contributed by atoms with Gasteiger partial charge in [0.1, 0.15) is 0 Å². The topological polar surface area (TPSA) is 58.6 Å². The van der Waals surface area contributed by atoms with Crippen molar-refractivity contribution in [3.63, 3.8) is 0 Å². The molecule has 0 bridgehead atoms. The monoisotopic (exact) mass is 186 g/mol. The van der Waals surface area contributed by atoms with Crippen molar-refractivity contribution in [2.45, 2.75) is 6.92 Å². The Morgan fingerprint density at radius 2 is 2.00 bits per heavy atom. The van der Waals surface area contributed by atoms with Gasteiger partial charge in [-0.3, -0.25) is 10.2 Å². The lowest BCUT2D eigenvalue weighted by atomic mass is 10.5. The molecule has 1 N–H and O–H groups in total. The van der Waals surface area contributed by atoms with Crippen molar-refractivity contribution in [2.75, 3.05) is 20.7 Å². The van der Waals surface area contributed by atoms with E-state index in [1.165, 1.54) is 5.01 Å². The Kier molecular flexibility index (Phi) is 5.54. The number of nitrogens with one attached hydrogen (secondary N) is 1. The predicted octanol–water partition coefficient (Wildman–Crippen LogP) is -0.302. The molecule has 0 aromatic rings. The van der Waals surface area contributed by atoms with Gasteiger partial charge in [0.05, 0.1) is 6.61 Å². The van der Waals surface area contributed by atoms with Gasteiger partial charge in [0.25, 0.3) is 5.91 Å². The van der Waals surface area contributed by atoms with E-state index in [0.717, 1.165) is 12.2 Å². The zero-order chi connectivity index (χ0) is 10.3. The largest absolute Gasteiger partial charge is 0.463 e. The lowest BCUT2D eigenvalue weighted by Gasteiger charge is -2.08. The summed E-state index contributed by atoms with van der Waals surface area (Å²) in [5.74, 6) is -0.880. The van der Waals surface area contributed by atoms with Crippen LogP contribution in [0.25, 0.3) is 0 Å². The van der Waals surface area contributed by atoms with Gasteiger partial charge >= 0.3 is 5.97 Å². The van der Waals surface area contributed by atoms with Crippen LogP contribution in [0.15, 0.2) is 12.2 Å². The summed E-state index contributed by atoms with van der Waals surface area (Å²) in [5, 5.41) is 1.48. The number of hydrazine groups is 1. The van der Waals surface area contributed by atoms with E-state index in [1.807, 2.05) is 0 Å². The molecule has 5 heteroatoms. The van der Waals surface area contributed by atoms with E-state index in [1.54, 1.807) is 21.0 Å². The van der Waals surface area contributed by atoms with Crippen molar-refractivity contribution >= 4 is 11.9 Å². The fraction of sp³-hybridized carbons (Fsp3) is 0.500. The summed E-state index contributed by atoms with van der Waals surface area (Å²) in [6, 6.07) is 0. The van der Waals surface area contributed by atoms with Gasteiger partial charge in [-0.2, -0.15) is 0 Å². The van der Waals surface area contributed by atoms with Crippen LogP contribution in [0.3, 0.4) is 0 Å². The first-order valence-electron chi connectivity index (χ1n) is 3.89. The quantitative estimate of drug-likeness (QED) is 0.372. The molecule has 0 atom stereocenters. The van der Waals surface area contributed by atoms with Crippen molar-refractivity contribution < 1.29 is 14.3 Å². The fourth-order valence-corrected chi connectivity index (χ4v) is 0.592. The molecule has 0 unspecified atom stereocenters. The highest BCUT2D eigenvalue weighted by Crippen LogP contribution is 1.81. The molecule has 0 radical (unpaired) electrons. The minimum atomic E-state index is -0.517. The number of ether oxygens (including phenoxy) is 1. The number of carbonyl (C=O) groups is 2. The third kappa shape index (κ3) is 7.02. The Hall–Kier alpha value is -1.36. The molecule has 1 amide bonds. The lowest BCUT2D eigenvalue weighted by Crippen LogP contribution is -2.34. The van der Waals surface area contributed by atoms with E-state index in [0.29, 0.717) is 6.61 Å². The van der Waals surface area contributed by atoms with E-state index >= 15 is 0 Å². The van der Waals surface area contributed by atoms with Gasteiger partial charge in [0.2, 0.25) is 0 Å². The first kappa shape index (κ1) is 11.6. The molecule has 0 heterocycles. The Labute approximate surface area is 77.3 Å². The van der Waals surface area contributed by atoms with Crippen LogP contribution in [0.5, 0.6) is 0 Å². The van der Waals surface area contributed by atoms with Crippen LogP contribution < -0.4 is 5.43 Å². The van der Waals surface area contributed by atoms with Crippen LogP contribution in [0.4, 0.5) is 0 Å². The van der Waals surface area contributed by atoms with Crippen LogP contribution in [0.1, 0.15) is 6.92 Å². The third-order valence-corrected chi connectivity index (χ3v) is 0.991. The van der Waals surface area contributed by atoms with Gasteiger partial charge < -0.3 is 4.74 Å². The van der Waals surface area contributed by atoms with Gasteiger partial charge in [-0.05, 0) is 6.92 Å². The van der Waals surface area contributed by atoms with E-state index in [4.69, 9.17) is 0 Å². The van der Waals surface area contributed by atoms with E-state index in [9.17, 15) is 9.59 Å². The predicted molar refractivity (Wildman–Crippen MR) is 47.6 cm³/mol. The molecule has 13 heavy (non-hydrogen) atoms. The highest BCUT2D eigenvalue weighted by atomic mass is 16.5. The second-order valence-corrected chi connectivity index (χ2v) is 2.46. The van der Waals surface area contributed by atoms with Crippen LogP contribution >= 0.6 is 0 Å². The molecular weight excluding hydrogens is 172 g/mol. The number of nitrogens with zero attached hydrogens (tertiary/aromatic N) is 1. The number of amides is 1. The number of hydrogen-bond acceptors (Lipinski definition) is 4. The standard InChI is InChI=1S/C8H14N2O3/c1-4-13-8(12)6-5-7(11)9-10(2)3/h5-6H,4H2,1-3H3,(H,9,11)/b6-5+. The van der Waals surface area contributed by atoms with Crippen molar-refractivity contribution in [2.24, 2.45) is 0 Å². The van der Waals surface area contributed by atoms with Crippen molar-refractivity contribution in [3.05, 3.63) is 12.2 Å². The van der Waals surface area contributed by atoms with Crippen LogP contribution in [0.2, 0.25) is 0 Å². The number of carbonyl (C=O) groups excluding carboxylic acids is 2. The van der Waals surface area contributed by atoms with Gasteiger partial charge in [-0.25, -0.2) is 9.80 Å². The molecule has 0 saturated carbocycles. The molecule has 0 fully saturated rings. The Morgan fingerprint density at radius 1 is 1.38 bits per heavy atom. The Morgan fingerprint density at radius 3 is 2.46 bits per heavy atom. The molecule has 0 aliphatic carbocycles. The third-order valence-electron chi connectivity index (χ3n) is 0.991. The van der Waals surface area contributed by atoms with Crippen LogP contribution in [0, 0.1) is 0 Å². The summed E-state index contributed by atoms with van der Waals surface area (Å²) < 4.78 is 4.58. The van der Waals surface area contributed by atoms with E-state index < -0.39 is 5.97 Å². The first-order valence-corrected chi connectivity index (χ1v) is 3.89. The average Bonchev–Trinajstić information content (AvgIpc) is 2.00. The highest BCUT2D eigenvalue weighted by Gasteiger charge is 1.98. The van der Waals surface area contributed by atoms with Crippen LogP contribution in [-0.4, -0.2) is 37.6 Å². The van der Waals surface area contributed by atoms with Gasteiger partial charge in [0.15, 0.2) is 0 Å². The molecule has 0 aliphatic rings. The minimum Gasteiger partial charge on any atom is -0.463 e. The van der Waals surface area contributed by atoms with Gasteiger partial charge in [-0.15, -0.1) is 0 Å². The molecule has 0 aliphatic heterocycles. The highest BCUT2D eigenvalue weighted by molar-refractivity contribution is 5.94. The SMILES string of the molecule is CCOC(=O)/C=C/C(=O)NN(C)C. The Bertz CT molecular complexity index is 211. The van der Waals surface area contributed by atoms with E-state index in [-0.39, 0.29) is 5.91 Å². The summed E-state index contributed by atoms with van der Waals surface area (Å²) >= 11 is 0. The average molecular weight is 186 g/mol. The summed E-state index contributed by atoms with van der Waals surface area (Å²) in [7, 11) is 3.35. The molecule has 0 aromatic heterocycles. The second kappa shape index (κ2) is 6.19. The van der Waals surface area contributed by atoms with Gasteiger partial charge in [-0.1, -0.05) is 0 Å². The summed E-state index contributed by atoms with van der Waals surface area (Å²) in [6.45, 7) is 2.00. The summed E-state index contributed by atoms with van der Waals surface area (Å²) in [6.07, 6.45) is 2.21. The molecule has 0 spiro atoms. The molecule has 0 aromatic carbocycles.